The van der Waals surface area contributed by atoms with Gasteiger partial charge in [0.25, 0.3) is 5.91 Å². The van der Waals surface area contributed by atoms with Crippen molar-refractivity contribution in [1.29, 1.82) is 0 Å². The van der Waals surface area contributed by atoms with Crippen LogP contribution in [0.2, 0.25) is 5.15 Å². The fourth-order valence-corrected chi connectivity index (χ4v) is 2.70. The number of piperidine rings is 1. The quantitative estimate of drug-likeness (QED) is 0.856. The standard InChI is InChI=1S/C13H17BrClN3O/c1-18-4-2-9(3-5-18)7-17-13(19)11-6-10(14)8-16-12(11)15/h6,8-9H,2-5,7H2,1H3,(H,17,19). The van der Waals surface area contributed by atoms with Crippen LogP contribution in [0.3, 0.4) is 0 Å². The fourth-order valence-electron chi connectivity index (χ4n) is 2.18. The molecule has 0 atom stereocenters. The van der Waals surface area contributed by atoms with Gasteiger partial charge in [0, 0.05) is 17.2 Å². The minimum absolute atomic E-state index is 0.155. The van der Waals surface area contributed by atoms with Gasteiger partial charge in [-0.15, -0.1) is 0 Å². The number of carbonyl (C=O) groups is 1. The maximum absolute atomic E-state index is 12.1. The minimum atomic E-state index is -0.155. The van der Waals surface area contributed by atoms with Gasteiger partial charge in [0.1, 0.15) is 5.15 Å². The molecule has 0 aliphatic carbocycles. The Hall–Kier alpha value is -0.650. The Bertz CT molecular complexity index is 461. The Morgan fingerprint density at radius 1 is 1.58 bits per heavy atom. The van der Waals surface area contributed by atoms with Crippen LogP contribution < -0.4 is 5.32 Å². The van der Waals surface area contributed by atoms with Gasteiger partial charge in [0.2, 0.25) is 0 Å². The number of pyridine rings is 1. The van der Waals surface area contributed by atoms with Gasteiger partial charge in [0.05, 0.1) is 5.56 Å². The van der Waals surface area contributed by atoms with Gasteiger partial charge in [-0.25, -0.2) is 4.98 Å². The van der Waals surface area contributed by atoms with E-state index in [4.69, 9.17) is 11.6 Å². The number of nitrogens with one attached hydrogen (secondary N) is 1. The van der Waals surface area contributed by atoms with E-state index in [1.807, 2.05) is 0 Å². The molecule has 1 aliphatic rings. The Morgan fingerprint density at radius 3 is 2.95 bits per heavy atom. The molecule has 1 saturated heterocycles. The van der Waals surface area contributed by atoms with Crippen LogP contribution in [-0.2, 0) is 0 Å². The third-order valence-electron chi connectivity index (χ3n) is 3.44. The van der Waals surface area contributed by atoms with E-state index in [9.17, 15) is 4.79 Å². The zero-order chi connectivity index (χ0) is 13.8. The molecule has 1 fully saturated rings. The molecule has 2 heterocycles. The molecule has 1 aromatic rings. The minimum Gasteiger partial charge on any atom is -0.352 e. The third-order valence-corrected chi connectivity index (χ3v) is 4.17. The van der Waals surface area contributed by atoms with Crippen LogP contribution in [0.15, 0.2) is 16.7 Å². The van der Waals surface area contributed by atoms with E-state index in [1.165, 1.54) is 0 Å². The number of nitrogens with zero attached hydrogens (tertiary/aromatic N) is 2. The first kappa shape index (κ1) is 14.8. The van der Waals surface area contributed by atoms with Crippen molar-refractivity contribution in [1.82, 2.24) is 15.2 Å². The average molecular weight is 347 g/mol. The summed E-state index contributed by atoms with van der Waals surface area (Å²) in [5, 5.41) is 3.19. The average Bonchev–Trinajstić information content (AvgIpc) is 2.40. The SMILES string of the molecule is CN1CCC(CNC(=O)c2cc(Br)cnc2Cl)CC1. The molecule has 0 bridgehead atoms. The Labute approximate surface area is 126 Å². The van der Waals surface area contributed by atoms with Crippen molar-refractivity contribution in [2.45, 2.75) is 12.8 Å². The summed E-state index contributed by atoms with van der Waals surface area (Å²) in [6.45, 7) is 2.90. The second-order valence-electron chi connectivity index (χ2n) is 4.95. The lowest BCUT2D eigenvalue weighted by Gasteiger charge is -2.28. The normalized spacial score (nSPS) is 17.4. The van der Waals surface area contributed by atoms with E-state index in [2.05, 4.69) is 38.2 Å². The Kier molecular flexibility index (Phi) is 5.19. The summed E-state index contributed by atoms with van der Waals surface area (Å²) in [4.78, 5) is 18.3. The molecule has 0 aromatic carbocycles. The van der Waals surface area contributed by atoms with Crippen molar-refractivity contribution in [3.63, 3.8) is 0 Å². The van der Waals surface area contributed by atoms with Crippen molar-refractivity contribution in [3.8, 4) is 0 Å². The van der Waals surface area contributed by atoms with Crippen LogP contribution >= 0.6 is 27.5 Å². The zero-order valence-corrected chi connectivity index (χ0v) is 13.2. The highest BCUT2D eigenvalue weighted by atomic mass is 79.9. The second-order valence-corrected chi connectivity index (χ2v) is 6.22. The number of amides is 1. The highest BCUT2D eigenvalue weighted by Gasteiger charge is 2.18. The first-order valence-electron chi connectivity index (χ1n) is 6.34. The summed E-state index contributed by atoms with van der Waals surface area (Å²) in [5.41, 5.74) is 0.420. The zero-order valence-electron chi connectivity index (χ0n) is 10.8. The van der Waals surface area contributed by atoms with Crippen LogP contribution in [-0.4, -0.2) is 42.5 Å². The molecule has 1 aliphatic heterocycles. The first-order chi connectivity index (χ1) is 9.06. The van der Waals surface area contributed by atoms with Crippen molar-refractivity contribution in [3.05, 3.63) is 27.5 Å². The number of hydrogen-bond acceptors (Lipinski definition) is 3. The lowest BCUT2D eigenvalue weighted by molar-refractivity contribution is 0.0939. The van der Waals surface area contributed by atoms with Gasteiger partial charge in [-0.3, -0.25) is 4.79 Å². The molecular formula is C13H17BrClN3O. The molecule has 1 amide bonds. The van der Waals surface area contributed by atoms with E-state index in [0.717, 1.165) is 30.4 Å². The molecule has 2 rings (SSSR count). The van der Waals surface area contributed by atoms with Crippen molar-refractivity contribution in [2.75, 3.05) is 26.7 Å². The second kappa shape index (κ2) is 6.68. The number of likely N-dealkylation sites (tertiary alicyclic amines) is 1. The fraction of sp³-hybridized carbons (Fsp3) is 0.538. The van der Waals surface area contributed by atoms with Crippen LogP contribution in [0.1, 0.15) is 23.2 Å². The summed E-state index contributed by atoms with van der Waals surface area (Å²) in [6.07, 6.45) is 3.83. The topological polar surface area (TPSA) is 45.2 Å². The van der Waals surface area contributed by atoms with Crippen LogP contribution in [0, 0.1) is 5.92 Å². The van der Waals surface area contributed by atoms with Crippen LogP contribution in [0.4, 0.5) is 0 Å². The van der Waals surface area contributed by atoms with Gasteiger partial charge in [-0.05, 0) is 60.9 Å². The third kappa shape index (κ3) is 4.16. The highest BCUT2D eigenvalue weighted by Crippen LogP contribution is 2.19. The smallest absolute Gasteiger partial charge is 0.254 e. The predicted octanol–water partition coefficient (Wildman–Crippen LogP) is 2.57. The highest BCUT2D eigenvalue weighted by molar-refractivity contribution is 9.10. The molecule has 0 radical (unpaired) electrons. The van der Waals surface area contributed by atoms with E-state index in [0.29, 0.717) is 18.0 Å². The Morgan fingerprint density at radius 2 is 2.26 bits per heavy atom. The van der Waals surface area contributed by atoms with Gasteiger partial charge in [-0.2, -0.15) is 0 Å². The molecule has 19 heavy (non-hydrogen) atoms. The summed E-state index contributed by atoms with van der Waals surface area (Å²) in [7, 11) is 2.13. The summed E-state index contributed by atoms with van der Waals surface area (Å²) >= 11 is 9.22. The maximum atomic E-state index is 12.1. The molecular weight excluding hydrogens is 330 g/mol. The van der Waals surface area contributed by atoms with Crippen LogP contribution in [0.25, 0.3) is 0 Å². The monoisotopic (exact) mass is 345 g/mol. The van der Waals surface area contributed by atoms with Crippen LogP contribution in [0.5, 0.6) is 0 Å². The van der Waals surface area contributed by atoms with E-state index in [1.54, 1.807) is 12.3 Å². The maximum Gasteiger partial charge on any atom is 0.254 e. The van der Waals surface area contributed by atoms with E-state index in [-0.39, 0.29) is 11.1 Å². The van der Waals surface area contributed by atoms with Gasteiger partial charge < -0.3 is 10.2 Å². The molecule has 4 nitrogen and oxygen atoms in total. The summed E-state index contributed by atoms with van der Waals surface area (Å²) in [6, 6.07) is 1.69. The molecule has 0 spiro atoms. The molecule has 1 aromatic heterocycles. The van der Waals surface area contributed by atoms with E-state index < -0.39 is 0 Å². The largest absolute Gasteiger partial charge is 0.352 e. The van der Waals surface area contributed by atoms with Gasteiger partial charge in [-0.1, -0.05) is 11.6 Å². The molecule has 104 valence electrons. The molecule has 6 heteroatoms. The molecule has 0 unspecified atom stereocenters. The summed E-state index contributed by atoms with van der Waals surface area (Å²) in [5.74, 6) is 0.400. The van der Waals surface area contributed by atoms with Gasteiger partial charge in [0.15, 0.2) is 0 Å². The van der Waals surface area contributed by atoms with Gasteiger partial charge >= 0.3 is 0 Å². The predicted molar refractivity (Wildman–Crippen MR) is 79.5 cm³/mol. The number of halogens is 2. The van der Waals surface area contributed by atoms with E-state index >= 15 is 0 Å². The summed E-state index contributed by atoms with van der Waals surface area (Å²) < 4.78 is 0.751. The number of aromatic nitrogens is 1. The first-order valence-corrected chi connectivity index (χ1v) is 7.51. The molecule has 1 N–H and O–H groups in total. The number of hydrogen-bond donors (Lipinski definition) is 1. The Balaban J connectivity index is 1.89. The lowest BCUT2D eigenvalue weighted by atomic mass is 9.97. The van der Waals surface area contributed by atoms with Crippen molar-refractivity contribution in [2.24, 2.45) is 5.92 Å². The molecule has 0 saturated carbocycles. The van der Waals surface area contributed by atoms with Crippen molar-refractivity contribution < 1.29 is 4.79 Å². The number of carbonyl (C=O) groups excluding carboxylic acids is 1. The van der Waals surface area contributed by atoms with Crippen molar-refractivity contribution >= 4 is 33.4 Å². The lowest BCUT2D eigenvalue weighted by Crippen LogP contribution is -2.37. The number of rotatable bonds is 3.